The van der Waals surface area contributed by atoms with E-state index in [0.29, 0.717) is 18.4 Å². The number of phenolic OH excluding ortho intramolecular Hbond substituents is 1. The fourth-order valence-electron chi connectivity index (χ4n) is 5.41. The summed E-state index contributed by atoms with van der Waals surface area (Å²) in [6, 6.07) is -0.883. The van der Waals surface area contributed by atoms with Gasteiger partial charge in [-0.05, 0) is 62.6 Å². The van der Waals surface area contributed by atoms with E-state index in [2.05, 4.69) is 21.3 Å². The molecule has 268 valence electrons. The third kappa shape index (κ3) is 11.5. The summed E-state index contributed by atoms with van der Waals surface area (Å²) in [6.45, 7) is 10.2. The second-order valence-corrected chi connectivity index (χ2v) is 13.0. The summed E-state index contributed by atoms with van der Waals surface area (Å²) in [6.07, 6.45) is 0.0199. The summed E-state index contributed by atoms with van der Waals surface area (Å²) in [5, 5.41) is 40.1. The first-order valence-electron chi connectivity index (χ1n) is 16.4. The molecule has 0 aromatic heterocycles. The fourth-order valence-corrected chi connectivity index (χ4v) is 5.41. The van der Waals surface area contributed by atoms with Crippen LogP contribution in [0.5, 0.6) is 5.75 Å². The van der Waals surface area contributed by atoms with Gasteiger partial charge in [-0.3, -0.25) is 24.0 Å². The van der Waals surface area contributed by atoms with Crippen LogP contribution in [0.25, 0.3) is 0 Å². The number of rotatable bonds is 17. The minimum atomic E-state index is -1.48. The smallest absolute Gasteiger partial charge is 0.326 e. The average molecular weight is 677 g/mol. The Morgan fingerprint density at radius 1 is 0.875 bits per heavy atom. The number of amides is 5. The molecule has 0 radical (unpaired) electrons. The van der Waals surface area contributed by atoms with Crippen molar-refractivity contribution in [3.05, 3.63) is 29.8 Å². The highest BCUT2D eigenvalue weighted by atomic mass is 16.4. The Morgan fingerprint density at radius 2 is 1.48 bits per heavy atom. The number of carboxylic acid groups (broad SMARTS) is 1. The summed E-state index contributed by atoms with van der Waals surface area (Å²) in [7, 11) is 0. The molecule has 5 amide bonds. The van der Waals surface area contributed by atoms with Gasteiger partial charge in [0.25, 0.3) is 0 Å². The van der Waals surface area contributed by atoms with Crippen molar-refractivity contribution < 1.29 is 44.1 Å². The molecule has 1 heterocycles. The molecule has 1 saturated heterocycles. The van der Waals surface area contributed by atoms with Crippen molar-refractivity contribution in [1.82, 2.24) is 26.2 Å². The van der Waals surface area contributed by atoms with E-state index in [1.807, 2.05) is 20.8 Å². The van der Waals surface area contributed by atoms with E-state index in [-0.39, 0.29) is 37.5 Å². The molecule has 15 heteroatoms. The molecule has 15 nitrogen and oxygen atoms in total. The van der Waals surface area contributed by atoms with E-state index in [1.165, 1.54) is 30.9 Å². The molecule has 0 unspecified atom stereocenters. The number of carboxylic acids is 1. The molecule has 48 heavy (non-hydrogen) atoms. The van der Waals surface area contributed by atoms with Gasteiger partial charge in [-0.2, -0.15) is 0 Å². The van der Waals surface area contributed by atoms with Crippen LogP contribution in [-0.2, 0) is 35.2 Å². The lowest BCUT2D eigenvalue weighted by Gasteiger charge is -2.33. The van der Waals surface area contributed by atoms with Crippen molar-refractivity contribution in [2.45, 2.75) is 116 Å². The Hall–Kier alpha value is -4.24. The number of phenols is 1. The number of benzene rings is 1. The normalized spacial score (nSPS) is 18.9. The second-order valence-electron chi connectivity index (χ2n) is 13.0. The molecule has 1 aliphatic rings. The number of carbonyl (C=O) groups is 6. The summed E-state index contributed by atoms with van der Waals surface area (Å²) >= 11 is 0. The van der Waals surface area contributed by atoms with Crippen LogP contribution in [0.2, 0.25) is 0 Å². The maximum atomic E-state index is 14.0. The van der Waals surface area contributed by atoms with E-state index in [4.69, 9.17) is 5.73 Å². The van der Waals surface area contributed by atoms with Gasteiger partial charge in [-0.1, -0.05) is 46.2 Å². The molecule has 0 spiro atoms. The van der Waals surface area contributed by atoms with Gasteiger partial charge in [0, 0.05) is 13.0 Å². The maximum absolute atomic E-state index is 14.0. The van der Waals surface area contributed by atoms with Gasteiger partial charge in [0.1, 0.15) is 36.0 Å². The number of aliphatic carboxylic acids is 1. The van der Waals surface area contributed by atoms with E-state index in [9.17, 15) is 44.1 Å². The highest BCUT2D eigenvalue weighted by Crippen LogP contribution is 2.22. The SMILES string of the molecule is CC[C@H](C)[C@H](NC(=O)[C@@H](NC(=O)[C@H](CC(C)C)NC(=O)[C@H](C)N)[C@@H](C)O)C(=O)N1CCC[C@H]1C(=O)N[C@@H](Cc1ccc(O)cc1)C(=O)O. The lowest BCUT2D eigenvalue weighted by atomic mass is 9.96. The minimum Gasteiger partial charge on any atom is -0.508 e. The third-order valence-corrected chi connectivity index (χ3v) is 8.42. The van der Waals surface area contributed by atoms with Crippen LogP contribution in [0.4, 0.5) is 0 Å². The molecule has 8 atom stereocenters. The maximum Gasteiger partial charge on any atom is 0.326 e. The molecule has 0 saturated carbocycles. The van der Waals surface area contributed by atoms with Gasteiger partial charge in [-0.15, -0.1) is 0 Å². The lowest BCUT2D eigenvalue weighted by molar-refractivity contribution is -0.145. The molecule has 0 aliphatic carbocycles. The average Bonchev–Trinajstić information content (AvgIpc) is 3.51. The molecule has 9 N–H and O–H groups in total. The van der Waals surface area contributed by atoms with Crippen molar-refractivity contribution >= 4 is 35.5 Å². The largest absolute Gasteiger partial charge is 0.508 e. The zero-order valence-corrected chi connectivity index (χ0v) is 28.6. The third-order valence-electron chi connectivity index (χ3n) is 8.42. The van der Waals surface area contributed by atoms with Crippen LogP contribution < -0.4 is 27.0 Å². The fraction of sp³-hybridized carbons (Fsp3) is 0.636. The number of aliphatic hydroxyl groups is 1. The van der Waals surface area contributed by atoms with Crippen LogP contribution in [0.1, 0.15) is 72.8 Å². The van der Waals surface area contributed by atoms with Crippen LogP contribution in [0, 0.1) is 11.8 Å². The summed E-state index contributed by atoms with van der Waals surface area (Å²) in [5.74, 6) is -4.99. The molecule has 1 aromatic rings. The molecular formula is C33H52N6O9. The zero-order chi connectivity index (χ0) is 36.3. The van der Waals surface area contributed by atoms with Gasteiger partial charge in [0.05, 0.1) is 12.1 Å². The highest BCUT2D eigenvalue weighted by molar-refractivity contribution is 5.97. The number of aromatic hydroxyl groups is 1. The van der Waals surface area contributed by atoms with Crippen LogP contribution in [0.15, 0.2) is 24.3 Å². The Morgan fingerprint density at radius 3 is 2.00 bits per heavy atom. The second kappa shape index (κ2) is 18.3. The predicted molar refractivity (Wildman–Crippen MR) is 176 cm³/mol. The molecule has 0 bridgehead atoms. The summed E-state index contributed by atoms with van der Waals surface area (Å²) < 4.78 is 0. The Labute approximate surface area is 281 Å². The topological polar surface area (TPSA) is 240 Å². The van der Waals surface area contributed by atoms with Gasteiger partial charge in [-0.25, -0.2) is 4.79 Å². The van der Waals surface area contributed by atoms with Crippen LogP contribution >= 0.6 is 0 Å². The first-order chi connectivity index (χ1) is 22.5. The van der Waals surface area contributed by atoms with Crippen molar-refractivity contribution in [1.29, 1.82) is 0 Å². The van der Waals surface area contributed by atoms with Gasteiger partial charge >= 0.3 is 5.97 Å². The number of carbonyl (C=O) groups excluding carboxylic acids is 5. The first kappa shape index (κ1) is 39.9. The molecule has 1 fully saturated rings. The summed E-state index contributed by atoms with van der Waals surface area (Å²) in [5.41, 5.74) is 6.22. The Bertz CT molecular complexity index is 1290. The van der Waals surface area contributed by atoms with Gasteiger partial charge in [0.15, 0.2) is 0 Å². The lowest BCUT2D eigenvalue weighted by Crippen LogP contribution is -2.62. The monoisotopic (exact) mass is 676 g/mol. The quantitative estimate of drug-likeness (QED) is 0.108. The Kier molecular flexibility index (Phi) is 15.3. The van der Waals surface area contributed by atoms with Crippen molar-refractivity contribution in [3.63, 3.8) is 0 Å². The number of likely N-dealkylation sites (tertiary alicyclic amines) is 1. The van der Waals surface area contributed by atoms with E-state index in [0.717, 1.165) is 0 Å². The van der Waals surface area contributed by atoms with E-state index >= 15 is 0 Å². The van der Waals surface area contributed by atoms with Gasteiger partial charge in [0.2, 0.25) is 29.5 Å². The summed E-state index contributed by atoms with van der Waals surface area (Å²) in [4.78, 5) is 79.7. The van der Waals surface area contributed by atoms with Gasteiger partial charge < -0.3 is 47.2 Å². The highest BCUT2D eigenvalue weighted by Gasteiger charge is 2.41. The molecule has 1 aliphatic heterocycles. The number of nitrogens with one attached hydrogen (secondary N) is 4. The first-order valence-corrected chi connectivity index (χ1v) is 16.4. The van der Waals surface area contributed by atoms with Crippen molar-refractivity contribution in [2.75, 3.05) is 6.54 Å². The number of hydrogen-bond acceptors (Lipinski definition) is 9. The van der Waals surface area contributed by atoms with E-state index in [1.54, 1.807) is 19.1 Å². The number of hydrogen-bond donors (Lipinski definition) is 8. The van der Waals surface area contributed by atoms with Crippen molar-refractivity contribution in [2.24, 2.45) is 17.6 Å². The Balaban J connectivity index is 2.23. The number of aliphatic hydroxyl groups excluding tert-OH is 1. The predicted octanol–water partition coefficient (Wildman–Crippen LogP) is -0.230. The molecular weight excluding hydrogens is 624 g/mol. The zero-order valence-electron chi connectivity index (χ0n) is 28.6. The molecule has 1 aromatic carbocycles. The minimum absolute atomic E-state index is 0.00967. The van der Waals surface area contributed by atoms with Crippen molar-refractivity contribution in [3.8, 4) is 5.75 Å². The number of nitrogens with two attached hydrogens (primary N) is 1. The standard InChI is InChI=1S/C33H52N6O9/c1-7-18(4)26(37-31(45)27(20(6)40)38-29(43)23(15-17(2)3)35-28(42)19(5)34)32(46)39-14-8-9-25(39)30(44)36-24(33(47)48)16-21-10-12-22(41)13-11-21/h10-13,17-20,23-27,40-41H,7-9,14-16,34H2,1-6H3,(H,35,42)(H,36,44)(H,37,45)(H,38,43)(H,47,48)/t18-,19-,20+,23-,24-,25-,26-,27-/m0/s1. The van der Waals surface area contributed by atoms with E-state index < -0.39 is 83.8 Å². The van der Waals surface area contributed by atoms with Crippen LogP contribution in [0.3, 0.4) is 0 Å². The number of nitrogens with zero attached hydrogens (tertiary/aromatic N) is 1. The molecule has 2 rings (SSSR count). The van der Waals surface area contributed by atoms with Crippen LogP contribution in [-0.4, -0.2) is 105 Å².